The molecule has 32 heavy (non-hydrogen) atoms. The number of benzene rings is 1. The van der Waals surface area contributed by atoms with Crippen molar-refractivity contribution < 1.29 is 55.5 Å². The Morgan fingerprint density at radius 3 is 2.50 bits per heavy atom. The molecule has 176 valence electrons. The summed E-state index contributed by atoms with van der Waals surface area (Å²) in [6.45, 7) is 0.220. The maximum Gasteiger partial charge on any atom is 0.526 e. The second kappa shape index (κ2) is 10.3. The van der Waals surface area contributed by atoms with E-state index in [1.54, 1.807) is 0 Å². The molecule has 1 heterocycles. The molecule has 0 amide bonds. The molecule has 0 unspecified atom stereocenters. The van der Waals surface area contributed by atoms with E-state index in [-0.39, 0.29) is 17.7 Å². The lowest BCUT2D eigenvalue weighted by Gasteiger charge is -2.29. The molecule has 0 aromatic heterocycles. The van der Waals surface area contributed by atoms with Gasteiger partial charge in [0.05, 0.1) is 12.8 Å². The number of hydrogen-bond donors (Lipinski definition) is 1. The van der Waals surface area contributed by atoms with Crippen molar-refractivity contribution in [3.05, 3.63) is 29.3 Å². The Hall–Kier alpha value is -2.70. The van der Waals surface area contributed by atoms with E-state index in [1.807, 2.05) is 0 Å². The predicted octanol–water partition coefficient (Wildman–Crippen LogP) is 3.48. The third kappa shape index (κ3) is 6.91. The maximum atomic E-state index is 13.6. The summed E-state index contributed by atoms with van der Waals surface area (Å²) in [5.41, 5.74) is 0.168. The van der Waals surface area contributed by atoms with E-state index in [0.717, 1.165) is 6.92 Å². The van der Waals surface area contributed by atoms with Crippen molar-refractivity contribution in [2.75, 3.05) is 6.79 Å². The van der Waals surface area contributed by atoms with Gasteiger partial charge >= 0.3 is 31.2 Å². The van der Waals surface area contributed by atoms with Crippen LogP contribution in [0.3, 0.4) is 0 Å². The van der Waals surface area contributed by atoms with Crippen molar-refractivity contribution in [3.63, 3.8) is 0 Å². The lowest BCUT2D eigenvalue weighted by Crippen LogP contribution is -2.38. The second-order valence-corrected chi connectivity index (χ2v) is 7.13. The van der Waals surface area contributed by atoms with Crippen molar-refractivity contribution in [2.24, 2.45) is 0 Å². The largest absolute Gasteiger partial charge is 0.535 e. The molecule has 7 nitrogen and oxygen atoms in total. The molecular weight excluding hydrogens is 446 g/mol. The van der Waals surface area contributed by atoms with Gasteiger partial charge in [-0.1, -0.05) is 19.1 Å². The zero-order valence-corrected chi connectivity index (χ0v) is 16.9. The monoisotopic (exact) mass is 466 g/mol. The average Bonchev–Trinajstić information content (AvgIpc) is 2.71. The highest BCUT2D eigenvalue weighted by Crippen LogP contribution is 2.38. The molecule has 13 heteroatoms. The van der Waals surface area contributed by atoms with Gasteiger partial charge in [0, 0.05) is 18.7 Å². The molecule has 0 bridgehead atoms. The van der Waals surface area contributed by atoms with Gasteiger partial charge in [-0.05, 0) is 18.1 Å². The number of halogens is 5. The van der Waals surface area contributed by atoms with Crippen LogP contribution in [0.1, 0.15) is 48.5 Å². The van der Waals surface area contributed by atoms with E-state index in [0.29, 0.717) is 5.56 Å². The van der Waals surface area contributed by atoms with Crippen LogP contribution in [0.4, 0.5) is 22.0 Å². The number of Topliss-reactive ketones (excluding diaryl/α,β-unsaturated/α-hetero) is 1. The van der Waals surface area contributed by atoms with Crippen LogP contribution in [0.15, 0.2) is 18.2 Å². The van der Waals surface area contributed by atoms with E-state index in [1.165, 1.54) is 18.2 Å². The second-order valence-electron chi connectivity index (χ2n) is 7.13. The fourth-order valence-corrected chi connectivity index (χ4v) is 2.95. The minimum atomic E-state index is -4.54. The minimum absolute atomic E-state index is 0.0322. The third-order valence-electron chi connectivity index (χ3n) is 4.76. The number of fused-ring (bicyclic) bond motifs is 1. The van der Waals surface area contributed by atoms with Crippen molar-refractivity contribution in [2.45, 2.75) is 56.9 Å². The van der Waals surface area contributed by atoms with E-state index < -0.39 is 75.2 Å². The van der Waals surface area contributed by atoms with Crippen molar-refractivity contribution in [1.29, 1.82) is 0 Å². The lowest BCUT2D eigenvalue weighted by molar-refractivity contribution is -0.163. The highest BCUT2D eigenvalue weighted by Gasteiger charge is 2.43. The van der Waals surface area contributed by atoms with Gasteiger partial charge in [0.15, 0.2) is 0 Å². The number of esters is 2. The Morgan fingerprint density at radius 1 is 1.19 bits per heavy atom. The molecule has 0 saturated carbocycles. The molecule has 1 aromatic rings. The number of hydrogen-bond acceptors (Lipinski definition) is 7. The molecule has 0 spiro atoms. The summed E-state index contributed by atoms with van der Waals surface area (Å²) in [5, 5.41) is 10.2. The van der Waals surface area contributed by atoms with Gasteiger partial charge in [0.2, 0.25) is 12.6 Å². The Morgan fingerprint density at radius 2 is 1.88 bits per heavy atom. The summed E-state index contributed by atoms with van der Waals surface area (Å²) in [6, 6.07) is 4.19. The standard InChI is InChI=1S/C19H20BF5O7/c1-2-18(21,22)14(26)9-12-8-11-4-3-5-13(16(11)32-20(12)29)17(28)31-10-30-15(27)6-7-19(23,24)25/h3-5,12,29H,2,6-10H2,1H3/t12-/m1/s1. The number of alkyl halides is 5. The Kier molecular flexibility index (Phi) is 8.21. The zero-order valence-electron chi connectivity index (χ0n) is 16.9. The molecule has 1 atom stereocenters. The molecule has 1 N–H and O–H groups in total. The zero-order chi connectivity index (χ0) is 24.1. The SMILES string of the molecule is CCC(F)(F)C(=O)C[C@H]1Cc2cccc(C(=O)OCOC(=O)CCC(F)(F)F)c2OB1O. The first-order valence-electron chi connectivity index (χ1n) is 9.61. The fraction of sp³-hybridized carbons (Fsp3) is 0.526. The molecular formula is C19H20BF5O7. The Bertz CT molecular complexity index is 859. The van der Waals surface area contributed by atoms with Gasteiger partial charge in [-0.2, -0.15) is 22.0 Å². The summed E-state index contributed by atoms with van der Waals surface area (Å²) in [4.78, 5) is 35.3. The summed E-state index contributed by atoms with van der Waals surface area (Å²) in [5.74, 6) is -8.19. The average molecular weight is 466 g/mol. The normalized spacial score (nSPS) is 16.1. The van der Waals surface area contributed by atoms with Gasteiger partial charge in [-0.3, -0.25) is 9.59 Å². The molecule has 0 saturated heterocycles. The van der Waals surface area contributed by atoms with Crippen molar-refractivity contribution in [3.8, 4) is 5.75 Å². The van der Waals surface area contributed by atoms with Crippen molar-refractivity contribution in [1.82, 2.24) is 0 Å². The molecule has 1 aliphatic rings. The Labute approximate surface area is 180 Å². The number of ether oxygens (including phenoxy) is 2. The van der Waals surface area contributed by atoms with Gasteiger partial charge in [0.1, 0.15) is 11.3 Å². The van der Waals surface area contributed by atoms with E-state index in [4.69, 9.17) is 9.39 Å². The van der Waals surface area contributed by atoms with E-state index >= 15 is 0 Å². The van der Waals surface area contributed by atoms with E-state index in [9.17, 15) is 41.4 Å². The summed E-state index contributed by atoms with van der Waals surface area (Å²) >= 11 is 0. The number of rotatable bonds is 9. The van der Waals surface area contributed by atoms with Crippen LogP contribution in [0.2, 0.25) is 5.82 Å². The summed E-state index contributed by atoms with van der Waals surface area (Å²) < 4.78 is 77.7. The number of para-hydroxylation sites is 1. The van der Waals surface area contributed by atoms with Crippen LogP contribution in [0.25, 0.3) is 0 Å². The molecule has 0 aliphatic carbocycles. The molecule has 0 radical (unpaired) electrons. The summed E-state index contributed by atoms with van der Waals surface area (Å²) in [7, 11) is -1.65. The number of carbonyl (C=O) groups excluding carboxylic acids is 3. The fourth-order valence-electron chi connectivity index (χ4n) is 2.95. The van der Waals surface area contributed by atoms with Crippen LogP contribution in [0.5, 0.6) is 5.75 Å². The van der Waals surface area contributed by atoms with Crippen LogP contribution >= 0.6 is 0 Å². The first kappa shape index (κ1) is 25.6. The van der Waals surface area contributed by atoms with Crippen LogP contribution in [0, 0.1) is 0 Å². The highest BCUT2D eigenvalue weighted by molar-refractivity contribution is 6.47. The first-order valence-corrected chi connectivity index (χ1v) is 9.61. The molecule has 1 aliphatic heterocycles. The quantitative estimate of drug-likeness (QED) is 0.258. The topological polar surface area (TPSA) is 99.1 Å². The molecule has 1 aromatic carbocycles. The first-order chi connectivity index (χ1) is 14.8. The number of ketones is 1. The lowest BCUT2D eigenvalue weighted by atomic mass is 9.64. The van der Waals surface area contributed by atoms with Gasteiger partial charge in [-0.15, -0.1) is 0 Å². The van der Waals surface area contributed by atoms with Crippen molar-refractivity contribution >= 4 is 24.8 Å². The van der Waals surface area contributed by atoms with Gasteiger partial charge < -0.3 is 19.2 Å². The smallest absolute Gasteiger partial charge is 0.526 e. The minimum Gasteiger partial charge on any atom is -0.535 e. The van der Waals surface area contributed by atoms with Crippen LogP contribution in [-0.2, 0) is 25.5 Å². The van der Waals surface area contributed by atoms with Crippen LogP contribution in [-0.4, -0.2) is 48.8 Å². The number of carbonyl (C=O) groups is 3. The van der Waals surface area contributed by atoms with Crippen LogP contribution < -0.4 is 4.65 Å². The van der Waals surface area contributed by atoms with Gasteiger partial charge in [0.25, 0.3) is 0 Å². The predicted molar refractivity (Wildman–Crippen MR) is 99.0 cm³/mol. The van der Waals surface area contributed by atoms with Gasteiger partial charge in [-0.25, -0.2) is 4.79 Å². The third-order valence-corrected chi connectivity index (χ3v) is 4.76. The molecule has 0 fully saturated rings. The highest BCUT2D eigenvalue weighted by atomic mass is 19.4. The Balaban J connectivity index is 1.99. The van der Waals surface area contributed by atoms with E-state index in [2.05, 4.69) is 4.74 Å². The maximum absolute atomic E-state index is 13.6. The molecule has 2 rings (SSSR count). The summed E-state index contributed by atoms with van der Waals surface area (Å²) in [6.07, 6.45) is -8.20.